The lowest BCUT2D eigenvalue weighted by atomic mass is 10.0. The number of ether oxygens (including phenoxy) is 1. The highest BCUT2D eigenvalue weighted by molar-refractivity contribution is 6.06. The van der Waals surface area contributed by atoms with Gasteiger partial charge in [0.15, 0.2) is 0 Å². The van der Waals surface area contributed by atoms with Gasteiger partial charge < -0.3 is 10.1 Å². The summed E-state index contributed by atoms with van der Waals surface area (Å²) < 4.78 is 5.51. The number of amides is 1. The van der Waals surface area contributed by atoms with Gasteiger partial charge in [-0.25, -0.2) is 0 Å². The van der Waals surface area contributed by atoms with E-state index in [0.29, 0.717) is 12.1 Å². The molecule has 1 atom stereocenters. The zero-order valence-corrected chi connectivity index (χ0v) is 16.1. The van der Waals surface area contributed by atoms with E-state index in [1.807, 2.05) is 30.3 Å². The van der Waals surface area contributed by atoms with Crippen LogP contribution < -0.4 is 5.32 Å². The minimum absolute atomic E-state index is 0.0658. The van der Waals surface area contributed by atoms with Crippen molar-refractivity contribution in [3.63, 3.8) is 0 Å². The molecule has 1 aromatic heterocycles. The molecule has 0 aliphatic carbocycles. The summed E-state index contributed by atoms with van der Waals surface area (Å²) in [6.45, 7) is 5.83. The van der Waals surface area contributed by atoms with Crippen LogP contribution in [-0.2, 0) is 4.74 Å². The van der Waals surface area contributed by atoms with Crippen molar-refractivity contribution in [1.29, 1.82) is 0 Å². The number of nitrogens with zero attached hydrogens (tertiary/aromatic N) is 2. The smallest absolute Gasteiger partial charge is 0.252 e. The molecule has 5 heteroatoms. The van der Waals surface area contributed by atoms with Crippen molar-refractivity contribution in [1.82, 2.24) is 15.2 Å². The fourth-order valence-electron chi connectivity index (χ4n) is 3.72. The third kappa shape index (κ3) is 4.06. The molecule has 1 fully saturated rings. The second kappa shape index (κ2) is 8.50. The summed E-state index contributed by atoms with van der Waals surface area (Å²) in [6.07, 6.45) is 1.75. The minimum atomic E-state index is -0.0658. The van der Waals surface area contributed by atoms with Crippen molar-refractivity contribution < 1.29 is 9.53 Å². The van der Waals surface area contributed by atoms with Gasteiger partial charge in [0.1, 0.15) is 0 Å². The van der Waals surface area contributed by atoms with Crippen LogP contribution in [0.25, 0.3) is 10.9 Å². The van der Waals surface area contributed by atoms with Crippen LogP contribution >= 0.6 is 0 Å². The van der Waals surface area contributed by atoms with Crippen molar-refractivity contribution in [2.24, 2.45) is 0 Å². The summed E-state index contributed by atoms with van der Waals surface area (Å²) in [5.74, 6) is -0.0658. The van der Waals surface area contributed by atoms with E-state index in [9.17, 15) is 4.79 Å². The van der Waals surface area contributed by atoms with Crippen LogP contribution in [0.15, 0.2) is 60.8 Å². The molecule has 1 saturated heterocycles. The van der Waals surface area contributed by atoms with Crippen molar-refractivity contribution >= 4 is 16.8 Å². The zero-order chi connectivity index (χ0) is 19.3. The highest BCUT2D eigenvalue weighted by Crippen LogP contribution is 2.22. The Morgan fingerprint density at radius 3 is 2.68 bits per heavy atom. The van der Waals surface area contributed by atoms with Crippen LogP contribution in [0.5, 0.6) is 0 Å². The molecule has 28 heavy (non-hydrogen) atoms. The Hall–Kier alpha value is -2.76. The number of hydrogen-bond donors (Lipinski definition) is 1. The first-order valence-electron chi connectivity index (χ1n) is 9.73. The van der Waals surface area contributed by atoms with Crippen LogP contribution in [0.4, 0.5) is 0 Å². The lowest BCUT2D eigenvalue weighted by Crippen LogP contribution is -2.43. The maximum absolute atomic E-state index is 12.9. The number of morpholine rings is 1. The SMILES string of the molecule is Cc1ccc(C(CNC(=O)c2cccc3ncccc23)N2CCOCC2)cc1. The number of aryl methyl sites for hydroxylation is 1. The van der Waals surface area contributed by atoms with E-state index in [1.54, 1.807) is 6.20 Å². The van der Waals surface area contributed by atoms with Gasteiger partial charge in [-0.15, -0.1) is 0 Å². The lowest BCUT2D eigenvalue weighted by molar-refractivity contribution is 0.0162. The highest BCUT2D eigenvalue weighted by atomic mass is 16.5. The Labute approximate surface area is 165 Å². The Bertz CT molecular complexity index is 944. The Balaban J connectivity index is 1.54. The van der Waals surface area contributed by atoms with Gasteiger partial charge in [0, 0.05) is 36.8 Å². The number of fused-ring (bicyclic) bond motifs is 1. The standard InChI is InChI=1S/C23H25N3O2/c1-17-7-9-18(10-8-17)22(26-12-14-28-15-13-26)16-25-23(27)20-4-2-6-21-19(20)5-3-11-24-21/h2-11,22H,12-16H2,1H3,(H,25,27). The van der Waals surface area contributed by atoms with Crippen molar-refractivity contribution in [3.05, 3.63) is 77.5 Å². The molecule has 0 bridgehead atoms. The molecule has 1 amide bonds. The van der Waals surface area contributed by atoms with Crippen molar-refractivity contribution in [3.8, 4) is 0 Å². The zero-order valence-electron chi connectivity index (χ0n) is 16.1. The maximum atomic E-state index is 12.9. The lowest BCUT2D eigenvalue weighted by Gasteiger charge is -2.35. The molecule has 3 aromatic rings. The third-order valence-corrected chi connectivity index (χ3v) is 5.29. The number of carbonyl (C=O) groups is 1. The number of aromatic nitrogens is 1. The van der Waals surface area contributed by atoms with Gasteiger partial charge in [-0.05, 0) is 30.7 Å². The molecule has 5 nitrogen and oxygen atoms in total. The second-order valence-corrected chi connectivity index (χ2v) is 7.16. The first kappa shape index (κ1) is 18.6. The highest BCUT2D eigenvalue weighted by Gasteiger charge is 2.23. The van der Waals surface area contributed by atoms with Crippen LogP contribution in [-0.4, -0.2) is 48.6 Å². The summed E-state index contributed by atoms with van der Waals surface area (Å²) in [5, 5.41) is 4.03. The van der Waals surface area contributed by atoms with Crippen LogP contribution in [0.1, 0.15) is 27.5 Å². The Morgan fingerprint density at radius 1 is 1.11 bits per heavy atom. The molecular weight excluding hydrogens is 350 g/mol. The van der Waals surface area contributed by atoms with E-state index in [1.165, 1.54) is 11.1 Å². The minimum Gasteiger partial charge on any atom is -0.379 e. The van der Waals surface area contributed by atoms with E-state index in [-0.39, 0.29) is 11.9 Å². The van der Waals surface area contributed by atoms with Gasteiger partial charge in [0.2, 0.25) is 0 Å². The summed E-state index contributed by atoms with van der Waals surface area (Å²) in [5.41, 5.74) is 3.94. The molecule has 2 aromatic carbocycles. The molecule has 4 rings (SSSR count). The van der Waals surface area contributed by atoms with E-state index >= 15 is 0 Å². The molecule has 2 heterocycles. The average molecular weight is 375 g/mol. The molecule has 0 saturated carbocycles. The Morgan fingerprint density at radius 2 is 1.89 bits per heavy atom. The van der Waals surface area contributed by atoms with Gasteiger partial charge in [-0.1, -0.05) is 42.0 Å². The molecule has 0 radical (unpaired) electrons. The first-order chi connectivity index (χ1) is 13.7. The number of rotatable bonds is 5. The number of benzene rings is 2. The van der Waals surface area contributed by atoms with E-state index in [2.05, 4.69) is 46.4 Å². The molecular formula is C23H25N3O2. The first-order valence-corrected chi connectivity index (χ1v) is 9.73. The van der Waals surface area contributed by atoms with Gasteiger partial charge in [0.05, 0.1) is 24.8 Å². The predicted molar refractivity (Wildman–Crippen MR) is 110 cm³/mol. The monoisotopic (exact) mass is 375 g/mol. The van der Waals surface area contributed by atoms with Crippen LogP contribution in [0.3, 0.4) is 0 Å². The maximum Gasteiger partial charge on any atom is 0.252 e. The summed E-state index contributed by atoms with van der Waals surface area (Å²) in [6, 6.07) is 18.2. The number of nitrogens with one attached hydrogen (secondary N) is 1. The summed E-state index contributed by atoms with van der Waals surface area (Å²) in [7, 11) is 0. The normalized spacial score (nSPS) is 16.0. The largest absolute Gasteiger partial charge is 0.379 e. The van der Waals surface area contributed by atoms with Crippen molar-refractivity contribution in [2.45, 2.75) is 13.0 Å². The molecule has 1 N–H and O–H groups in total. The van der Waals surface area contributed by atoms with E-state index < -0.39 is 0 Å². The van der Waals surface area contributed by atoms with Crippen LogP contribution in [0.2, 0.25) is 0 Å². The number of hydrogen-bond acceptors (Lipinski definition) is 4. The van der Waals surface area contributed by atoms with E-state index in [4.69, 9.17) is 4.74 Å². The van der Waals surface area contributed by atoms with Crippen molar-refractivity contribution in [2.75, 3.05) is 32.8 Å². The fraction of sp³-hybridized carbons (Fsp3) is 0.304. The average Bonchev–Trinajstić information content (AvgIpc) is 2.75. The second-order valence-electron chi connectivity index (χ2n) is 7.16. The molecule has 144 valence electrons. The van der Waals surface area contributed by atoms with Gasteiger partial charge in [-0.2, -0.15) is 0 Å². The van der Waals surface area contributed by atoms with Gasteiger partial charge in [-0.3, -0.25) is 14.7 Å². The predicted octanol–water partition coefficient (Wildman–Crippen LogP) is 3.35. The third-order valence-electron chi connectivity index (χ3n) is 5.29. The molecule has 1 aliphatic heterocycles. The number of pyridine rings is 1. The van der Waals surface area contributed by atoms with Gasteiger partial charge in [0.25, 0.3) is 5.91 Å². The topological polar surface area (TPSA) is 54.5 Å². The van der Waals surface area contributed by atoms with E-state index in [0.717, 1.165) is 37.2 Å². The molecule has 1 aliphatic rings. The quantitative estimate of drug-likeness (QED) is 0.743. The van der Waals surface area contributed by atoms with Gasteiger partial charge >= 0.3 is 0 Å². The Kier molecular flexibility index (Phi) is 5.65. The van der Waals surface area contributed by atoms with Crippen LogP contribution in [0, 0.1) is 6.92 Å². The summed E-state index contributed by atoms with van der Waals surface area (Å²) in [4.78, 5) is 19.7. The number of carbonyl (C=O) groups excluding carboxylic acids is 1. The molecule has 1 unspecified atom stereocenters. The fourth-order valence-corrected chi connectivity index (χ4v) is 3.72. The molecule has 0 spiro atoms. The summed E-state index contributed by atoms with van der Waals surface area (Å²) >= 11 is 0.